The Morgan fingerprint density at radius 3 is 2.42 bits per heavy atom. The Morgan fingerprint density at radius 1 is 1.32 bits per heavy atom. The molecule has 2 unspecified atom stereocenters. The van der Waals surface area contributed by atoms with Gasteiger partial charge >= 0.3 is 5.97 Å². The van der Waals surface area contributed by atoms with Crippen molar-refractivity contribution in [2.45, 2.75) is 39.5 Å². The van der Waals surface area contributed by atoms with Gasteiger partial charge in [0, 0.05) is 17.9 Å². The number of hydrogen-bond donors (Lipinski definition) is 1. The monoisotopic (exact) mass is 266 g/mol. The molecule has 0 fully saturated rings. The number of halogens is 1. The first-order chi connectivity index (χ1) is 8.86. The van der Waals surface area contributed by atoms with Gasteiger partial charge in [0.25, 0.3) is 0 Å². The van der Waals surface area contributed by atoms with Crippen LogP contribution in [0.25, 0.3) is 0 Å². The summed E-state index contributed by atoms with van der Waals surface area (Å²) < 4.78 is 13.8. The number of benzene rings is 1. The van der Waals surface area contributed by atoms with Crippen molar-refractivity contribution in [2.24, 2.45) is 5.92 Å². The topological polar surface area (TPSA) is 54.4 Å². The highest BCUT2D eigenvalue weighted by Gasteiger charge is 2.19. The normalized spacial score (nSPS) is 13.9. The second-order valence-corrected chi connectivity index (χ2v) is 4.84. The highest BCUT2D eigenvalue weighted by atomic mass is 19.1. The lowest BCUT2D eigenvalue weighted by Crippen LogP contribution is -2.13. The summed E-state index contributed by atoms with van der Waals surface area (Å²) in [5.41, 5.74) is 0.888. The van der Waals surface area contributed by atoms with Gasteiger partial charge in [-0.3, -0.25) is 9.59 Å². The van der Waals surface area contributed by atoms with E-state index in [1.165, 1.54) is 19.1 Å². The van der Waals surface area contributed by atoms with Crippen LogP contribution in [-0.4, -0.2) is 16.9 Å². The van der Waals surface area contributed by atoms with Crippen LogP contribution in [0.5, 0.6) is 0 Å². The van der Waals surface area contributed by atoms with Crippen LogP contribution in [-0.2, 0) is 16.0 Å². The molecule has 0 radical (unpaired) electrons. The molecule has 1 N–H and O–H groups in total. The van der Waals surface area contributed by atoms with Gasteiger partial charge in [-0.15, -0.1) is 0 Å². The molecule has 3 nitrogen and oxygen atoms in total. The Kier molecular flexibility index (Phi) is 5.21. The largest absolute Gasteiger partial charge is 0.481 e. The van der Waals surface area contributed by atoms with Crippen molar-refractivity contribution in [3.63, 3.8) is 0 Å². The van der Waals surface area contributed by atoms with E-state index in [-0.39, 0.29) is 17.3 Å². The zero-order valence-corrected chi connectivity index (χ0v) is 11.4. The second-order valence-electron chi connectivity index (χ2n) is 4.84. The summed E-state index contributed by atoms with van der Waals surface area (Å²) in [5.74, 6) is -2.45. The standard InChI is InChI=1S/C15H19FO3/c1-4-14(17)9(2)7-11-5-6-12(13(16)8-11)10(3)15(18)19/h5-6,8-10H,4,7H2,1-3H3,(H,18,19). The third-order valence-corrected chi connectivity index (χ3v) is 3.34. The van der Waals surface area contributed by atoms with Crippen molar-refractivity contribution in [2.75, 3.05) is 0 Å². The first kappa shape index (κ1) is 15.3. The number of rotatable bonds is 6. The molecular formula is C15H19FO3. The third-order valence-electron chi connectivity index (χ3n) is 3.34. The zero-order valence-electron chi connectivity index (χ0n) is 11.4. The summed E-state index contributed by atoms with van der Waals surface area (Å²) in [5, 5.41) is 8.87. The molecule has 0 saturated heterocycles. The average molecular weight is 266 g/mol. The van der Waals surface area contributed by atoms with Crippen molar-refractivity contribution in [3.05, 3.63) is 35.1 Å². The molecule has 0 saturated carbocycles. The number of ketones is 1. The molecule has 19 heavy (non-hydrogen) atoms. The van der Waals surface area contributed by atoms with E-state index in [0.717, 1.165) is 0 Å². The molecule has 0 heterocycles. The van der Waals surface area contributed by atoms with E-state index < -0.39 is 17.7 Å². The fourth-order valence-corrected chi connectivity index (χ4v) is 2.00. The van der Waals surface area contributed by atoms with E-state index >= 15 is 0 Å². The summed E-state index contributed by atoms with van der Waals surface area (Å²) in [6, 6.07) is 4.51. The molecule has 0 bridgehead atoms. The van der Waals surface area contributed by atoms with Crippen molar-refractivity contribution in [1.29, 1.82) is 0 Å². The van der Waals surface area contributed by atoms with Crippen LogP contribution in [0.3, 0.4) is 0 Å². The maximum absolute atomic E-state index is 13.8. The predicted octanol–water partition coefficient (Wildman–Crippen LogP) is 3.17. The van der Waals surface area contributed by atoms with Crippen LogP contribution < -0.4 is 0 Å². The lowest BCUT2D eigenvalue weighted by atomic mass is 9.93. The molecule has 104 valence electrons. The molecule has 1 aromatic carbocycles. The number of hydrogen-bond acceptors (Lipinski definition) is 2. The van der Waals surface area contributed by atoms with Gasteiger partial charge in [-0.25, -0.2) is 4.39 Å². The number of carboxylic acids is 1. The average Bonchev–Trinajstić information content (AvgIpc) is 2.37. The zero-order chi connectivity index (χ0) is 14.6. The molecule has 0 aliphatic heterocycles. The van der Waals surface area contributed by atoms with Crippen molar-refractivity contribution < 1.29 is 19.1 Å². The Balaban J connectivity index is 2.88. The third kappa shape index (κ3) is 3.88. The van der Waals surface area contributed by atoms with Gasteiger partial charge in [-0.2, -0.15) is 0 Å². The number of aliphatic carboxylic acids is 1. The molecular weight excluding hydrogens is 247 g/mol. The number of carboxylic acid groups (broad SMARTS) is 1. The minimum Gasteiger partial charge on any atom is -0.481 e. The molecule has 0 spiro atoms. The molecule has 1 aromatic rings. The van der Waals surface area contributed by atoms with Crippen LogP contribution in [0.4, 0.5) is 4.39 Å². The molecule has 2 atom stereocenters. The minimum atomic E-state index is -1.05. The Morgan fingerprint density at radius 2 is 1.95 bits per heavy atom. The van der Waals surface area contributed by atoms with Crippen LogP contribution in [0.2, 0.25) is 0 Å². The van der Waals surface area contributed by atoms with E-state index in [1.807, 2.05) is 6.92 Å². The molecule has 0 amide bonds. The summed E-state index contributed by atoms with van der Waals surface area (Å²) in [6.45, 7) is 5.07. The van der Waals surface area contributed by atoms with Crippen LogP contribution in [0.1, 0.15) is 44.2 Å². The van der Waals surface area contributed by atoms with Crippen LogP contribution >= 0.6 is 0 Å². The van der Waals surface area contributed by atoms with Crippen molar-refractivity contribution in [1.82, 2.24) is 0 Å². The Bertz CT molecular complexity index is 482. The van der Waals surface area contributed by atoms with E-state index in [9.17, 15) is 14.0 Å². The molecule has 0 aliphatic rings. The first-order valence-electron chi connectivity index (χ1n) is 6.40. The Labute approximate surface area is 112 Å². The lowest BCUT2D eigenvalue weighted by molar-refractivity contribution is -0.138. The summed E-state index contributed by atoms with van der Waals surface area (Å²) in [7, 11) is 0. The second kappa shape index (κ2) is 6.45. The van der Waals surface area contributed by atoms with E-state index in [0.29, 0.717) is 18.4 Å². The van der Waals surface area contributed by atoms with Crippen LogP contribution in [0.15, 0.2) is 18.2 Å². The number of Topliss-reactive ketones (excluding diaryl/α,β-unsaturated/α-hetero) is 1. The van der Waals surface area contributed by atoms with Gasteiger partial charge in [0.05, 0.1) is 5.92 Å². The fourth-order valence-electron chi connectivity index (χ4n) is 2.00. The number of carbonyl (C=O) groups excluding carboxylic acids is 1. The van der Waals surface area contributed by atoms with Gasteiger partial charge in [0.1, 0.15) is 11.6 Å². The maximum atomic E-state index is 13.8. The van der Waals surface area contributed by atoms with Crippen LogP contribution in [0, 0.1) is 11.7 Å². The molecule has 0 aromatic heterocycles. The van der Waals surface area contributed by atoms with Gasteiger partial charge < -0.3 is 5.11 Å². The highest BCUT2D eigenvalue weighted by molar-refractivity contribution is 5.80. The van der Waals surface area contributed by atoms with Gasteiger partial charge in [0.2, 0.25) is 0 Å². The Hall–Kier alpha value is -1.71. The minimum absolute atomic E-state index is 0.142. The van der Waals surface area contributed by atoms with Gasteiger partial charge in [-0.05, 0) is 25.0 Å². The van der Waals surface area contributed by atoms with Crippen molar-refractivity contribution in [3.8, 4) is 0 Å². The molecule has 4 heteroatoms. The maximum Gasteiger partial charge on any atom is 0.310 e. The number of carbonyl (C=O) groups is 2. The van der Waals surface area contributed by atoms with Gasteiger partial charge in [0.15, 0.2) is 0 Å². The van der Waals surface area contributed by atoms with E-state index in [2.05, 4.69) is 0 Å². The van der Waals surface area contributed by atoms with E-state index in [4.69, 9.17) is 5.11 Å². The van der Waals surface area contributed by atoms with Crippen molar-refractivity contribution >= 4 is 11.8 Å². The fraction of sp³-hybridized carbons (Fsp3) is 0.467. The predicted molar refractivity (Wildman–Crippen MR) is 70.6 cm³/mol. The highest BCUT2D eigenvalue weighted by Crippen LogP contribution is 2.22. The quantitative estimate of drug-likeness (QED) is 0.860. The first-order valence-corrected chi connectivity index (χ1v) is 6.40. The smallest absolute Gasteiger partial charge is 0.310 e. The molecule has 0 aliphatic carbocycles. The lowest BCUT2D eigenvalue weighted by Gasteiger charge is -2.12. The summed E-state index contributed by atoms with van der Waals surface area (Å²) >= 11 is 0. The van der Waals surface area contributed by atoms with Gasteiger partial charge in [-0.1, -0.05) is 26.0 Å². The molecule has 1 rings (SSSR count). The van der Waals surface area contributed by atoms with E-state index in [1.54, 1.807) is 13.0 Å². The SMILES string of the molecule is CCC(=O)C(C)Cc1ccc(C(C)C(=O)O)c(F)c1. The summed E-state index contributed by atoms with van der Waals surface area (Å²) in [6.07, 6.45) is 0.948. The summed E-state index contributed by atoms with van der Waals surface area (Å²) in [4.78, 5) is 22.3.